The van der Waals surface area contributed by atoms with Crippen LogP contribution in [0.4, 0.5) is 5.82 Å². The van der Waals surface area contributed by atoms with Gasteiger partial charge in [0.05, 0.1) is 17.2 Å². The van der Waals surface area contributed by atoms with E-state index >= 15 is 0 Å². The number of nitrogens with one attached hydrogen (secondary N) is 2. The number of aromatic amines is 1. The molecule has 0 aromatic carbocycles. The van der Waals surface area contributed by atoms with E-state index in [9.17, 15) is 5.11 Å². The minimum Gasteiger partial charge on any atom is -0.392 e. The Hall–Kier alpha value is -1.34. The summed E-state index contributed by atoms with van der Waals surface area (Å²) < 4.78 is 0. The van der Waals surface area contributed by atoms with Gasteiger partial charge >= 0.3 is 0 Å². The number of thioether (sulfide) groups is 1. The molecular weight excluding hydrogens is 286 g/mol. The maximum Gasteiger partial charge on any atom is 0.191 e. The molecule has 114 valence electrons. The van der Waals surface area contributed by atoms with Gasteiger partial charge in [0.2, 0.25) is 0 Å². The van der Waals surface area contributed by atoms with Gasteiger partial charge in [0.15, 0.2) is 10.8 Å². The highest BCUT2D eigenvalue weighted by molar-refractivity contribution is 7.98. The molecule has 1 aliphatic rings. The van der Waals surface area contributed by atoms with Crippen LogP contribution in [0, 0.1) is 0 Å². The number of hydrogen-bond acceptors (Lipinski definition) is 6. The van der Waals surface area contributed by atoms with E-state index in [2.05, 4.69) is 25.5 Å². The summed E-state index contributed by atoms with van der Waals surface area (Å²) in [5.41, 5.74) is 1.85. The molecule has 0 bridgehead atoms. The van der Waals surface area contributed by atoms with Gasteiger partial charge in [0, 0.05) is 12.5 Å². The van der Waals surface area contributed by atoms with Crippen molar-refractivity contribution in [2.45, 2.75) is 49.8 Å². The molecule has 3 rings (SSSR count). The summed E-state index contributed by atoms with van der Waals surface area (Å²) in [6, 6.07) is 0. The van der Waals surface area contributed by atoms with Gasteiger partial charge in [-0.2, -0.15) is 5.10 Å². The Kier molecular flexibility index (Phi) is 4.30. The van der Waals surface area contributed by atoms with Crippen LogP contribution in [0.5, 0.6) is 0 Å². The molecule has 0 amide bonds. The number of nitrogens with zero attached hydrogens (tertiary/aromatic N) is 3. The molecule has 2 heterocycles. The maximum atomic E-state index is 9.51. The fraction of sp³-hybridized carbons (Fsp3) is 0.643. The quantitative estimate of drug-likeness (QED) is 0.581. The highest BCUT2D eigenvalue weighted by Crippen LogP contribution is 2.38. The van der Waals surface area contributed by atoms with Gasteiger partial charge < -0.3 is 10.4 Å². The number of aliphatic hydroxyl groups is 1. The van der Waals surface area contributed by atoms with Gasteiger partial charge in [-0.15, -0.1) is 0 Å². The minimum absolute atomic E-state index is 0.422. The van der Waals surface area contributed by atoms with Crippen molar-refractivity contribution in [3.8, 4) is 0 Å². The highest BCUT2D eigenvalue weighted by atomic mass is 32.2. The van der Waals surface area contributed by atoms with Crippen LogP contribution in [0.15, 0.2) is 5.16 Å². The van der Waals surface area contributed by atoms with Crippen molar-refractivity contribution in [1.82, 2.24) is 20.2 Å². The van der Waals surface area contributed by atoms with E-state index in [-0.39, 0.29) is 0 Å². The van der Waals surface area contributed by atoms with Crippen LogP contribution in [0.1, 0.15) is 44.2 Å². The molecule has 0 unspecified atom stereocenters. The molecule has 6 nitrogen and oxygen atoms in total. The first-order valence-corrected chi connectivity index (χ1v) is 8.63. The van der Waals surface area contributed by atoms with Crippen molar-refractivity contribution in [2.24, 2.45) is 0 Å². The van der Waals surface area contributed by atoms with Crippen molar-refractivity contribution in [3.63, 3.8) is 0 Å². The van der Waals surface area contributed by atoms with Crippen LogP contribution in [0.3, 0.4) is 0 Å². The van der Waals surface area contributed by atoms with Crippen LogP contribution in [-0.4, -0.2) is 44.2 Å². The number of aromatic nitrogens is 4. The molecule has 2 aromatic rings. The van der Waals surface area contributed by atoms with Crippen LogP contribution >= 0.6 is 11.8 Å². The Morgan fingerprint density at radius 3 is 2.81 bits per heavy atom. The molecule has 1 aliphatic carbocycles. The van der Waals surface area contributed by atoms with E-state index in [1.807, 2.05) is 6.26 Å². The first-order valence-electron chi connectivity index (χ1n) is 7.41. The molecule has 0 aliphatic heterocycles. The van der Waals surface area contributed by atoms with Crippen molar-refractivity contribution in [3.05, 3.63) is 5.69 Å². The number of fused-ring (bicyclic) bond motifs is 1. The predicted molar refractivity (Wildman–Crippen MR) is 84.8 cm³/mol. The third kappa shape index (κ3) is 2.98. The first kappa shape index (κ1) is 14.6. The van der Waals surface area contributed by atoms with Gasteiger partial charge in [-0.3, -0.25) is 5.10 Å². The van der Waals surface area contributed by atoms with Gasteiger partial charge in [-0.1, -0.05) is 24.6 Å². The van der Waals surface area contributed by atoms with E-state index in [4.69, 9.17) is 0 Å². The Morgan fingerprint density at radius 2 is 2.14 bits per heavy atom. The van der Waals surface area contributed by atoms with Gasteiger partial charge in [-0.25, -0.2) is 9.97 Å². The smallest absolute Gasteiger partial charge is 0.191 e. The van der Waals surface area contributed by atoms with Crippen molar-refractivity contribution in [1.29, 1.82) is 0 Å². The first-order chi connectivity index (χ1) is 10.2. The fourth-order valence-corrected chi connectivity index (χ4v) is 3.26. The molecule has 7 heteroatoms. The number of aliphatic hydroxyl groups excluding tert-OH is 1. The molecule has 0 spiro atoms. The second kappa shape index (κ2) is 6.19. The zero-order valence-corrected chi connectivity index (χ0v) is 13.2. The second-order valence-corrected chi connectivity index (χ2v) is 6.38. The Labute approximate surface area is 128 Å². The normalized spacial score (nSPS) is 17.5. The SMILES string of the molecule is CSc1nc(NC[C@@H](C)O)c2c(C3CCCC3)n[nH]c2n1. The number of hydrogen-bond donors (Lipinski definition) is 3. The third-order valence-electron chi connectivity index (χ3n) is 3.92. The zero-order chi connectivity index (χ0) is 14.8. The van der Waals surface area contributed by atoms with E-state index in [1.54, 1.807) is 6.92 Å². The monoisotopic (exact) mass is 307 g/mol. The average molecular weight is 307 g/mol. The summed E-state index contributed by atoms with van der Waals surface area (Å²) in [4.78, 5) is 9.07. The second-order valence-electron chi connectivity index (χ2n) is 5.60. The highest BCUT2D eigenvalue weighted by Gasteiger charge is 2.25. The maximum absolute atomic E-state index is 9.51. The summed E-state index contributed by atoms with van der Waals surface area (Å²) in [6.45, 7) is 2.23. The third-order valence-corrected chi connectivity index (χ3v) is 4.46. The topological polar surface area (TPSA) is 86.7 Å². The van der Waals surface area contributed by atoms with Gasteiger partial charge in [0.1, 0.15) is 5.82 Å². The molecule has 2 aromatic heterocycles. The fourth-order valence-electron chi connectivity index (χ4n) is 2.89. The molecule has 0 radical (unpaired) electrons. The number of rotatable bonds is 5. The standard InChI is InChI=1S/C14H21N5OS/c1-8(20)7-15-12-10-11(9-5-3-4-6-9)18-19-13(10)17-14(16-12)21-2/h8-9,20H,3-7H2,1-2H3,(H2,15,16,17,18,19)/t8-/m1/s1. The lowest BCUT2D eigenvalue weighted by Crippen LogP contribution is -2.16. The molecule has 0 saturated heterocycles. The van der Waals surface area contributed by atoms with E-state index in [1.165, 1.54) is 37.4 Å². The summed E-state index contributed by atoms with van der Waals surface area (Å²) in [5, 5.41) is 22.0. The largest absolute Gasteiger partial charge is 0.392 e. The summed E-state index contributed by atoms with van der Waals surface area (Å²) in [6.07, 6.45) is 6.42. The predicted octanol–water partition coefficient (Wildman–Crippen LogP) is 2.53. The molecule has 1 atom stereocenters. The number of anilines is 1. The zero-order valence-electron chi connectivity index (χ0n) is 12.4. The van der Waals surface area contributed by atoms with E-state index < -0.39 is 6.10 Å². The lowest BCUT2D eigenvalue weighted by atomic mass is 10.0. The molecule has 21 heavy (non-hydrogen) atoms. The van der Waals surface area contributed by atoms with Gasteiger partial charge in [-0.05, 0) is 26.0 Å². The number of H-pyrrole nitrogens is 1. The average Bonchev–Trinajstić information content (AvgIpc) is 3.12. The van der Waals surface area contributed by atoms with Crippen molar-refractivity contribution in [2.75, 3.05) is 18.1 Å². The molecule has 3 N–H and O–H groups in total. The van der Waals surface area contributed by atoms with E-state index in [0.29, 0.717) is 17.6 Å². The van der Waals surface area contributed by atoms with Crippen LogP contribution in [0.2, 0.25) is 0 Å². The van der Waals surface area contributed by atoms with E-state index in [0.717, 1.165) is 22.5 Å². The van der Waals surface area contributed by atoms with Crippen LogP contribution in [-0.2, 0) is 0 Å². The van der Waals surface area contributed by atoms with Crippen LogP contribution < -0.4 is 5.32 Å². The lowest BCUT2D eigenvalue weighted by molar-refractivity contribution is 0.208. The Bertz CT molecular complexity index is 621. The minimum atomic E-state index is -0.422. The van der Waals surface area contributed by atoms with Crippen LogP contribution in [0.25, 0.3) is 11.0 Å². The Balaban J connectivity index is 2.04. The Morgan fingerprint density at radius 1 is 1.38 bits per heavy atom. The van der Waals surface area contributed by atoms with Crippen molar-refractivity contribution >= 4 is 28.6 Å². The lowest BCUT2D eigenvalue weighted by Gasteiger charge is -2.12. The molecule has 1 fully saturated rings. The van der Waals surface area contributed by atoms with Gasteiger partial charge in [0.25, 0.3) is 0 Å². The summed E-state index contributed by atoms with van der Waals surface area (Å²) >= 11 is 1.50. The summed E-state index contributed by atoms with van der Waals surface area (Å²) in [7, 11) is 0. The summed E-state index contributed by atoms with van der Waals surface area (Å²) in [5.74, 6) is 1.27. The molecular formula is C14H21N5OS. The van der Waals surface area contributed by atoms with Crippen molar-refractivity contribution < 1.29 is 5.11 Å². The molecule has 1 saturated carbocycles.